The van der Waals surface area contributed by atoms with Crippen molar-refractivity contribution < 1.29 is 9.52 Å². The van der Waals surface area contributed by atoms with Crippen molar-refractivity contribution in [3.63, 3.8) is 0 Å². The minimum Gasteiger partial charge on any atom is -0.469 e. The van der Waals surface area contributed by atoms with Crippen LogP contribution in [0.3, 0.4) is 0 Å². The first-order valence-electron chi connectivity index (χ1n) is 3.70. The summed E-state index contributed by atoms with van der Waals surface area (Å²) >= 11 is 0. The van der Waals surface area contributed by atoms with Gasteiger partial charge in [-0.05, 0) is 13.0 Å². The largest absolute Gasteiger partial charge is 0.469 e. The van der Waals surface area contributed by atoms with Gasteiger partial charge in [0.25, 0.3) is 0 Å². The van der Waals surface area contributed by atoms with Crippen molar-refractivity contribution >= 4 is 0 Å². The normalized spacial score (nSPS) is 21.3. The standard InChI is InChI=1S/C8H11NO2/c1-6-7(2-3-11-6)8(10)4-9-5-8/h2-3,9-10H,4-5H2,1H3. The highest BCUT2D eigenvalue weighted by atomic mass is 16.3. The zero-order valence-corrected chi connectivity index (χ0v) is 6.42. The van der Waals surface area contributed by atoms with Crippen molar-refractivity contribution in [3.05, 3.63) is 23.7 Å². The van der Waals surface area contributed by atoms with Crippen molar-refractivity contribution in [1.82, 2.24) is 5.32 Å². The van der Waals surface area contributed by atoms with Gasteiger partial charge in [-0.15, -0.1) is 0 Å². The molecule has 1 fully saturated rings. The van der Waals surface area contributed by atoms with Crippen LogP contribution in [-0.4, -0.2) is 18.2 Å². The smallest absolute Gasteiger partial charge is 0.118 e. The maximum Gasteiger partial charge on any atom is 0.118 e. The van der Waals surface area contributed by atoms with E-state index in [0.29, 0.717) is 13.1 Å². The van der Waals surface area contributed by atoms with Crippen LogP contribution in [-0.2, 0) is 5.60 Å². The van der Waals surface area contributed by atoms with Crippen LogP contribution >= 0.6 is 0 Å². The van der Waals surface area contributed by atoms with Crippen LogP contribution in [0.2, 0.25) is 0 Å². The molecule has 1 aromatic heterocycles. The summed E-state index contributed by atoms with van der Waals surface area (Å²) in [7, 11) is 0. The third-order valence-electron chi connectivity index (χ3n) is 2.20. The molecule has 3 nitrogen and oxygen atoms in total. The minimum absolute atomic E-state index is 0.632. The number of nitrogens with one attached hydrogen (secondary N) is 1. The average Bonchev–Trinajstić information content (AvgIpc) is 2.30. The molecule has 1 saturated heterocycles. The highest BCUT2D eigenvalue weighted by Crippen LogP contribution is 2.28. The van der Waals surface area contributed by atoms with Crippen LogP contribution in [0.5, 0.6) is 0 Å². The van der Waals surface area contributed by atoms with Gasteiger partial charge in [-0.1, -0.05) is 0 Å². The highest BCUT2D eigenvalue weighted by Gasteiger charge is 2.38. The zero-order valence-electron chi connectivity index (χ0n) is 6.42. The third-order valence-corrected chi connectivity index (χ3v) is 2.20. The summed E-state index contributed by atoms with van der Waals surface area (Å²) in [6, 6.07) is 1.83. The minimum atomic E-state index is -0.670. The van der Waals surface area contributed by atoms with Crippen LogP contribution in [0, 0.1) is 6.92 Å². The first-order valence-corrected chi connectivity index (χ1v) is 3.70. The lowest BCUT2D eigenvalue weighted by Crippen LogP contribution is -2.56. The molecule has 0 bridgehead atoms. The summed E-state index contributed by atoms with van der Waals surface area (Å²) in [5.74, 6) is 0.814. The Balaban J connectivity index is 2.35. The van der Waals surface area contributed by atoms with Crippen LogP contribution in [0.15, 0.2) is 16.7 Å². The number of furan rings is 1. The highest BCUT2D eigenvalue weighted by molar-refractivity contribution is 5.27. The molecule has 1 aliphatic rings. The number of β-amino-alcohol motifs (C(OH)–C–C–N with tert-alkyl or cyclic N) is 1. The molecule has 11 heavy (non-hydrogen) atoms. The molecule has 60 valence electrons. The molecule has 1 aliphatic heterocycles. The van der Waals surface area contributed by atoms with Gasteiger partial charge < -0.3 is 14.8 Å². The summed E-state index contributed by atoms with van der Waals surface area (Å²) in [6.07, 6.45) is 1.61. The van der Waals surface area contributed by atoms with Crippen molar-refractivity contribution in [2.24, 2.45) is 0 Å². The summed E-state index contributed by atoms with van der Waals surface area (Å²) in [5.41, 5.74) is 0.244. The van der Waals surface area contributed by atoms with Gasteiger partial charge in [0.15, 0.2) is 0 Å². The Morgan fingerprint density at radius 3 is 2.73 bits per heavy atom. The fourth-order valence-electron chi connectivity index (χ4n) is 1.42. The number of aryl methyl sites for hydroxylation is 1. The molecule has 0 saturated carbocycles. The number of hydrogen-bond donors (Lipinski definition) is 2. The molecule has 2 rings (SSSR count). The van der Waals surface area contributed by atoms with Crippen molar-refractivity contribution in [2.45, 2.75) is 12.5 Å². The second kappa shape index (κ2) is 2.09. The van der Waals surface area contributed by atoms with E-state index >= 15 is 0 Å². The van der Waals surface area contributed by atoms with Gasteiger partial charge in [-0.2, -0.15) is 0 Å². The van der Waals surface area contributed by atoms with Crippen molar-refractivity contribution in [3.8, 4) is 0 Å². The Labute approximate surface area is 65.0 Å². The molecule has 3 heteroatoms. The fourth-order valence-corrected chi connectivity index (χ4v) is 1.42. The maximum absolute atomic E-state index is 9.83. The van der Waals surface area contributed by atoms with E-state index in [9.17, 15) is 5.11 Å². The van der Waals surface area contributed by atoms with Crippen molar-refractivity contribution in [1.29, 1.82) is 0 Å². The first kappa shape index (κ1) is 6.88. The second-order valence-electron chi connectivity index (χ2n) is 3.03. The predicted molar refractivity (Wildman–Crippen MR) is 40.2 cm³/mol. The maximum atomic E-state index is 9.83. The van der Waals surface area contributed by atoms with Crippen LogP contribution in [0.4, 0.5) is 0 Å². The molecule has 0 unspecified atom stereocenters. The average molecular weight is 153 g/mol. The van der Waals surface area contributed by atoms with Crippen LogP contribution in [0.25, 0.3) is 0 Å². The number of aliphatic hydroxyl groups is 1. The van der Waals surface area contributed by atoms with Gasteiger partial charge in [0.2, 0.25) is 0 Å². The molecule has 0 spiro atoms. The lowest BCUT2D eigenvalue weighted by atomic mass is 9.89. The Morgan fingerprint density at radius 1 is 1.64 bits per heavy atom. The molecule has 1 aromatic rings. The second-order valence-corrected chi connectivity index (χ2v) is 3.03. The lowest BCUT2D eigenvalue weighted by molar-refractivity contribution is -0.0158. The molecule has 0 radical (unpaired) electrons. The Morgan fingerprint density at radius 2 is 2.36 bits per heavy atom. The number of hydrogen-bond acceptors (Lipinski definition) is 3. The summed E-state index contributed by atoms with van der Waals surface area (Å²) in [5, 5.41) is 12.9. The summed E-state index contributed by atoms with van der Waals surface area (Å²) < 4.78 is 5.10. The molecular weight excluding hydrogens is 142 g/mol. The molecular formula is C8H11NO2. The topological polar surface area (TPSA) is 45.4 Å². The quantitative estimate of drug-likeness (QED) is 0.613. The SMILES string of the molecule is Cc1occc1C1(O)CNC1. The summed E-state index contributed by atoms with van der Waals surface area (Å²) in [4.78, 5) is 0. The third kappa shape index (κ3) is 0.886. The molecule has 0 atom stereocenters. The molecule has 2 N–H and O–H groups in total. The van der Waals surface area contributed by atoms with Crippen molar-refractivity contribution in [2.75, 3.05) is 13.1 Å². The van der Waals surface area contributed by atoms with Crippen LogP contribution < -0.4 is 5.32 Å². The van der Waals surface area contributed by atoms with E-state index in [4.69, 9.17) is 4.42 Å². The summed E-state index contributed by atoms with van der Waals surface area (Å²) in [6.45, 7) is 3.13. The predicted octanol–water partition coefficient (Wildman–Crippen LogP) is 0.379. The monoisotopic (exact) mass is 153 g/mol. The first-order chi connectivity index (χ1) is 5.22. The van der Waals surface area contributed by atoms with E-state index < -0.39 is 5.60 Å². The van der Waals surface area contributed by atoms with E-state index in [1.165, 1.54) is 0 Å². The van der Waals surface area contributed by atoms with E-state index in [2.05, 4.69) is 5.32 Å². The van der Waals surface area contributed by atoms with Gasteiger partial charge in [0.05, 0.1) is 6.26 Å². The van der Waals surface area contributed by atoms with Gasteiger partial charge in [-0.25, -0.2) is 0 Å². The van der Waals surface area contributed by atoms with Gasteiger partial charge in [-0.3, -0.25) is 0 Å². The van der Waals surface area contributed by atoms with Gasteiger partial charge >= 0.3 is 0 Å². The van der Waals surface area contributed by atoms with Crippen LogP contribution in [0.1, 0.15) is 11.3 Å². The molecule has 0 aromatic carbocycles. The lowest BCUT2D eigenvalue weighted by Gasteiger charge is -2.37. The fraction of sp³-hybridized carbons (Fsp3) is 0.500. The van der Waals surface area contributed by atoms with E-state index in [0.717, 1.165) is 11.3 Å². The van der Waals surface area contributed by atoms with E-state index in [1.807, 2.05) is 13.0 Å². The van der Waals surface area contributed by atoms with Gasteiger partial charge in [0, 0.05) is 18.7 Å². The Bertz CT molecular complexity index is 263. The molecule has 2 heterocycles. The van der Waals surface area contributed by atoms with E-state index in [1.54, 1.807) is 6.26 Å². The molecule has 0 amide bonds. The Hall–Kier alpha value is -0.800. The Kier molecular flexibility index (Phi) is 1.31. The van der Waals surface area contributed by atoms with E-state index in [-0.39, 0.29) is 0 Å². The number of rotatable bonds is 1. The zero-order chi connectivity index (χ0) is 7.90. The van der Waals surface area contributed by atoms with Gasteiger partial charge in [0.1, 0.15) is 11.4 Å². The molecule has 0 aliphatic carbocycles.